The van der Waals surface area contributed by atoms with Crippen molar-refractivity contribution in [1.82, 2.24) is 15.2 Å². The second-order valence-corrected chi connectivity index (χ2v) is 11.1. The standard InChI is InChI=1S/C30H29FN4O6S2/c1-38-23-12-17(13-24(39-2)27(23)40-3)14-26(36)34-30(42)33-18-6-7-21(19(31)15-18)41-22-8-9-32-20-16-25(43-28(20)22)29(37)35-10-4-5-11-35/h6-9,12-13,15-16H,4-5,10-11,14H2,1-3H3,(H2,33,34,36,42). The highest BCUT2D eigenvalue weighted by molar-refractivity contribution is 7.80. The number of hydrogen-bond donors (Lipinski definition) is 2. The van der Waals surface area contributed by atoms with E-state index in [1.165, 1.54) is 44.8 Å². The number of nitrogens with one attached hydrogen (secondary N) is 2. The first kappa shape index (κ1) is 30.0. The summed E-state index contributed by atoms with van der Waals surface area (Å²) in [5.41, 5.74) is 1.54. The van der Waals surface area contributed by atoms with Crippen molar-refractivity contribution in [3.05, 3.63) is 64.9 Å². The minimum Gasteiger partial charge on any atom is -0.493 e. The van der Waals surface area contributed by atoms with E-state index < -0.39 is 11.7 Å². The van der Waals surface area contributed by atoms with Crippen LogP contribution in [0.2, 0.25) is 0 Å². The number of ether oxygens (including phenoxy) is 4. The van der Waals surface area contributed by atoms with Gasteiger partial charge in [0.05, 0.1) is 42.8 Å². The summed E-state index contributed by atoms with van der Waals surface area (Å²) in [4.78, 5) is 32.2. The number of thiophene rings is 1. The first-order valence-electron chi connectivity index (χ1n) is 13.3. The van der Waals surface area contributed by atoms with Crippen LogP contribution < -0.4 is 29.6 Å². The van der Waals surface area contributed by atoms with Gasteiger partial charge in [-0.05, 0) is 61.0 Å². The highest BCUT2D eigenvalue weighted by atomic mass is 32.1. The number of anilines is 1. The van der Waals surface area contributed by atoms with Gasteiger partial charge >= 0.3 is 0 Å². The Hall–Kier alpha value is -4.49. The molecular weight excluding hydrogens is 595 g/mol. The molecule has 0 radical (unpaired) electrons. The molecule has 0 bridgehead atoms. The van der Waals surface area contributed by atoms with Crippen molar-refractivity contribution in [2.75, 3.05) is 39.7 Å². The molecule has 3 heterocycles. The van der Waals surface area contributed by atoms with Gasteiger partial charge in [-0.15, -0.1) is 11.3 Å². The quantitative estimate of drug-likeness (QED) is 0.232. The molecule has 1 fully saturated rings. The number of halogens is 1. The summed E-state index contributed by atoms with van der Waals surface area (Å²) in [5.74, 6) is 0.567. The molecule has 0 aliphatic carbocycles. The highest BCUT2D eigenvalue weighted by Gasteiger charge is 2.23. The number of nitrogens with zero attached hydrogens (tertiary/aromatic N) is 2. The number of benzene rings is 2. The molecule has 43 heavy (non-hydrogen) atoms. The van der Waals surface area contributed by atoms with E-state index in [4.69, 9.17) is 31.2 Å². The average Bonchev–Trinajstić information content (AvgIpc) is 3.69. The van der Waals surface area contributed by atoms with Crippen LogP contribution in [-0.4, -0.2) is 61.2 Å². The van der Waals surface area contributed by atoms with Crippen LogP contribution in [0, 0.1) is 5.82 Å². The van der Waals surface area contributed by atoms with Crippen molar-refractivity contribution in [3.8, 4) is 28.7 Å². The minimum atomic E-state index is -0.647. The van der Waals surface area contributed by atoms with Crippen LogP contribution in [0.15, 0.2) is 48.7 Å². The molecule has 2 N–H and O–H groups in total. The van der Waals surface area contributed by atoms with Crippen molar-refractivity contribution in [1.29, 1.82) is 0 Å². The van der Waals surface area contributed by atoms with Gasteiger partial charge in [0.1, 0.15) is 5.75 Å². The van der Waals surface area contributed by atoms with E-state index in [-0.39, 0.29) is 23.2 Å². The molecule has 5 rings (SSSR count). The van der Waals surface area contributed by atoms with Crippen LogP contribution >= 0.6 is 23.6 Å². The molecule has 0 unspecified atom stereocenters. The number of pyridine rings is 1. The van der Waals surface area contributed by atoms with Gasteiger partial charge in [0.25, 0.3) is 5.91 Å². The predicted molar refractivity (Wildman–Crippen MR) is 165 cm³/mol. The van der Waals surface area contributed by atoms with Crippen LogP contribution in [0.5, 0.6) is 28.7 Å². The lowest BCUT2D eigenvalue weighted by Crippen LogP contribution is -2.35. The zero-order valence-corrected chi connectivity index (χ0v) is 25.3. The molecular formula is C30H29FN4O6S2. The summed E-state index contributed by atoms with van der Waals surface area (Å²) >= 11 is 6.54. The van der Waals surface area contributed by atoms with E-state index in [1.807, 2.05) is 4.90 Å². The van der Waals surface area contributed by atoms with Gasteiger partial charge < -0.3 is 34.5 Å². The molecule has 4 aromatic rings. The molecule has 0 atom stereocenters. The fourth-order valence-electron chi connectivity index (χ4n) is 4.71. The summed E-state index contributed by atoms with van der Waals surface area (Å²) in [5, 5.41) is 5.39. The molecule has 13 heteroatoms. The average molecular weight is 625 g/mol. The minimum absolute atomic E-state index is 0.00450. The number of carbonyl (C=O) groups excluding carboxylic acids is 2. The molecule has 1 saturated heterocycles. The lowest BCUT2D eigenvalue weighted by atomic mass is 10.1. The number of likely N-dealkylation sites (tertiary alicyclic amines) is 1. The largest absolute Gasteiger partial charge is 0.493 e. The molecule has 10 nitrogen and oxygen atoms in total. The third-order valence-electron chi connectivity index (χ3n) is 6.73. The van der Waals surface area contributed by atoms with Crippen molar-refractivity contribution < 1.29 is 32.9 Å². The molecule has 0 spiro atoms. The third-order valence-corrected chi connectivity index (χ3v) is 8.06. The van der Waals surface area contributed by atoms with E-state index in [0.29, 0.717) is 49.3 Å². The van der Waals surface area contributed by atoms with Gasteiger partial charge in [0.2, 0.25) is 11.7 Å². The molecule has 2 amide bonds. The van der Waals surface area contributed by atoms with E-state index in [1.54, 1.807) is 36.5 Å². The van der Waals surface area contributed by atoms with Gasteiger partial charge in [-0.25, -0.2) is 4.39 Å². The smallest absolute Gasteiger partial charge is 0.264 e. The van der Waals surface area contributed by atoms with E-state index in [2.05, 4.69) is 15.6 Å². The Morgan fingerprint density at radius 1 is 0.977 bits per heavy atom. The maximum absolute atomic E-state index is 15.1. The molecule has 2 aromatic heterocycles. The van der Waals surface area contributed by atoms with Gasteiger partial charge in [-0.3, -0.25) is 14.6 Å². The normalized spacial score (nSPS) is 12.6. The second-order valence-electron chi connectivity index (χ2n) is 9.59. The summed E-state index contributed by atoms with van der Waals surface area (Å²) in [6.45, 7) is 1.49. The van der Waals surface area contributed by atoms with E-state index in [9.17, 15) is 9.59 Å². The maximum atomic E-state index is 15.1. The lowest BCUT2D eigenvalue weighted by molar-refractivity contribution is -0.119. The monoisotopic (exact) mass is 624 g/mol. The second kappa shape index (κ2) is 13.2. The number of thiocarbonyl (C=S) groups is 1. The molecule has 224 valence electrons. The number of rotatable bonds is 9. The maximum Gasteiger partial charge on any atom is 0.264 e. The number of amides is 2. The van der Waals surface area contributed by atoms with Crippen LogP contribution in [0.25, 0.3) is 10.2 Å². The molecule has 1 aliphatic heterocycles. The molecule has 1 aliphatic rings. The Labute approximate surface area is 256 Å². The van der Waals surface area contributed by atoms with Crippen molar-refractivity contribution in [2.24, 2.45) is 0 Å². The van der Waals surface area contributed by atoms with Crippen molar-refractivity contribution in [2.45, 2.75) is 19.3 Å². The number of methoxy groups -OCH3 is 3. The summed E-state index contributed by atoms with van der Waals surface area (Å²) < 4.78 is 37.6. The Bertz CT molecular complexity index is 1660. The lowest BCUT2D eigenvalue weighted by Gasteiger charge is -2.14. The number of hydrogen-bond acceptors (Lipinski definition) is 9. The highest BCUT2D eigenvalue weighted by Crippen LogP contribution is 2.39. The van der Waals surface area contributed by atoms with Gasteiger partial charge in [-0.2, -0.15) is 0 Å². The summed E-state index contributed by atoms with van der Waals surface area (Å²) in [6.07, 6.45) is 3.54. The molecule has 0 saturated carbocycles. The van der Waals surface area contributed by atoms with Gasteiger partial charge in [0, 0.05) is 37.1 Å². The predicted octanol–water partition coefficient (Wildman–Crippen LogP) is 5.55. The van der Waals surface area contributed by atoms with Crippen LogP contribution in [0.1, 0.15) is 28.1 Å². The zero-order valence-electron chi connectivity index (χ0n) is 23.7. The number of fused-ring (bicyclic) bond motifs is 1. The first-order valence-corrected chi connectivity index (χ1v) is 14.6. The fourth-order valence-corrected chi connectivity index (χ4v) is 5.98. The third kappa shape index (κ3) is 6.78. The topological polar surface area (TPSA) is 111 Å². The Morgan fingerprint density at radius 3 is 2.35 bits per heavy atom. The number of aromatic nitrogens is 1. The van der Waals surface area contributed by atoms with Crippen LogP contribution in [-0.2, 0) is 11.2 Å². The van der Waals surface area contributed by atoms with Gasteiger partial charge in [0.15, 0.2) is 28.2 Å². The first-order chi connectivity index (χ1) is 20.8. The Morgan fingerprint density at radius 2 is 1.70 bits per heavy atom. The van der Waals surface area contributed by atoms with Crippen LogP contribution in [0.3, 0.4) is 0 Å². The van der Waals surface area contributed by atoms with Crippen molar-refractivity contribution >= 4 is 56.4 Å². The van der Waals surface area contributed by atoms with Crippen molar-refractivity contribution in [3.63, 3.8) is 0 Å². The summed E-state index contributed by atoms with van der Waals surface area (Å²) in [6, 6.07) is 11.0. The van der Waals surface area contributed by atoms with E-state index in [0.717, 1.165) is 25.9 Å². The Kier molecular flexibility index (Phi) is 9.22. The fraction of sp³-hybridized carbons (Fsp3) is 0.267. The van der Waals surface area contributed by atoms with Crippen LogP contribution in [0.4, 0.5) is 10.1 Å². The number of carbonyl (C=O) groups is 2. The van der Waals surface area contributed by atoms with Gasteiger partial charge in [-0.1, -0.05) is 0 Å². The van der Waals surface area contributed by atoms with E-state index >= 15 is 4.39 Å². The summed E-state index contributed by atoms with van der Waals surface area (Å²) in [7, 11) is 4.47. The zero-order chi connectivity index (χ0) is 30.5. The Balaban J connectivity index is 1.22. The molecule has 2 aromatic carbocycles. The SMILES string of the molecule is COc1cc(CC(=O)NC(=S)Nc2ccc(Oc3ccnc4cc(C(=O)N5CCCC5)sc34)c(F)c2)cc(OC)c1OC.